The van der Waals surface area contributed by atoms with Crippen LogP contribution in [0.3, 0.4) is 0 Å². The Morgan fingerprint density at radius 3 is 2.63 bits per heavy atom. The number of nitrogens with two attached hydrogens (primary N) is 1. The highest BCUT2D eigenvalue weighted by Gasteiger charge is 2.22. The molecule has 3 nitrogen and oxygen atoms in total. The first-order chi connectivity index (χ1) is 9.13. The molecular weight excluding hydrogens is 241 g/mol. The van der Waals surface area contributed by atoms with Crippen LogP contribution in [0.25, 0.3) is 0 Å². The van der Waals surface area contributed by atoms with Crippen molar-refractivity contribution >= 4 is 11.5 Å². The van der Waals surface area contributed by atoms with Crippen LogP contribution in [-0.4, -0.2) is 18.4 Å². The van der Waals surface area contributed by atoms with E-state index < -0.39 is 0 Å². The number of anilines is 1. The molecule has 0 spiro atoms. The van der Waals surface area contributed by atoms with Gasteiger partial charge in [-0.25, -0.2) is 4.39 Å². The van der Waals surface area contributed by atoms with Crippen molar-refractivity contribution in [3.8, 4) is 0 Å². The molecule has 1 fully saturated rings. The summed E-state index contributed by atoms with van der Waals surface area (Å²) >= 11 is 0. The van der Waals surface area contributed by atoms with E-state index in [2.05, 4.69) is 11.8 Å². The average molecular weight is 263 g/mol. The third-order valence-corrected chi connectivity index (χ3v) is 3.91. The molecule has 0 amide bonds. The minimum Gasteiger partial charge on any atom is -0.384 e. The molecule has 0 heterocycles. The first-order valence-corrected chi connectivity index (χ1v) is 7.04. The van der Waals surface area contributed by atoms with E-state index in [4.69, 9.17) is 11.1 Å². The molecule has 19 heavy (non-hydrogen) atoms. The van der Waals surface area contributed by atoms with E-state index in [1.807, 2.05) is 0 Å². The van der Waals surface area contributed by atoms with Gasteiger partial charge in [0.15, 0.2) is 0 Å². The molecule has 0 unspecified atom stereocenters. The minimum atomic E-state index is -0.339. The lowest BCUT2D eigenvalue weighted by molar-refractivity contribution is 0.418. The van der Waals surface area contributed by atoms with E-state index >= 15 is 0 Å². The van der Waals surface area contributed by atoms with Crippen molar-refractivity contribution in [2.75, 3.05) is 11.4 Å². The molecule has 104 valence electrons. The predicted octanol–water partition coefficient (Wildman–Crippen LogP) is 3.27. The van der Waals surface area contributed by atoms with Crippen LogP contribution in [0, 0.1) is 11.2 Å². The summed E-state index contributed by atoms with van der Waals surface area (Å²) in [6.45, 7) is 2.96. The molecule has 2 rings (SSSR count). The third-order valence-electron chi connectivity index (χ3n) is 3.91. The fourth-order valence-electron chi connectivity index (χ4n) is 2.99. The molecule has 1 saturated carbocycles. The van der Waals surface area contributed by atoms with Crippen LogP contribution in [0.2, 0.25) is 0 Å². The van der Waals surface area contributed by atoms with Crippen molar-refractivity contribution in [2.45, 2.75) is 45.1 Å². The lowest BCUT2D eigenvalue weighted by atomic mass is 9.93. The van der Waals surface area contributed by atoms with Gasteiger partial charge in [0.25, 0.3) is 0 Å². The quantitative estimate of drug-likeness (QED) is 0.647. The fraction of sp³-hybridized carbons (Fsp3) is 0.533. The molecule has 0 atom stereocenters. The number of amidine groups is 1. The van der Waals surface area contributed by atoms with Crippen molar-refractivity contribution in [1.29, 1.82) is 5.41 Å². The molecule has 1 aromatic rings. The summed E-state index contributed by atoms with van der Waals surface area (Å²) in [4.78, 5) is 2.27. The monoisotopic (exact) mass is 263 g/mol. The van der Waals surface area contributed by atoms with Gasteiger partial charge in [-0.1, -0.05) is 19.3 Å². The number of hydrogen-bond donors (Lipinski definition) is 2. The summed E-state index contributed by atoms with van der Waals surface area (Å²) in [6.07, 6.45) is 6.14. The van der Waals surface area contributed by atoms with Crippen LogP contribution in [0.5, 0.6) is 0 Å². The Morgan fingerprint density at radius 1 is 1.37 bits per heavy atom. The van der Waals surface area contributed by atoms with Crippen molar-refractivity contribution < 1.29 is 4.39 Å². The van der Waals surface area contributed by atoms with E-state index in [1.165, 1.54) is 44.2 Å². The van der Waals surface area contributed by atoms with Crippen LogP contribution in [0.4, 0.5) is 10.1 Å². The lowest BCUT2D eigenvalue weighted by Gasteiger charge is -2.36. The van der Waals surface area contributed by atoms with E-state index in [9.17, 15) is 4.39 Å². The van der Waals surface area contributed by atoms with Crippen molar-refractivity contribution in [3.05, 3.63) is 29.6 Å². The summed E-state index contributed by atoms with van der Waals surface area (Å²) in [7, 11) is 0. The Labute approximate surface area is 114 Å². The maximum Gasteiger partial charge on any atom is 0.125 e. The Bertz CT molecular complexity index is 453. The third kappa shape index (κ3) is 3.06. The van der Waals surface area contributed by atoms with Crippen LogP contribution in [-0.2, 0) is 0 Å². The molecule has 4 heteroatoms. The first kappa shape index (κ1) is 13.8. The molecule has 0 aliphatic heterocycles. The Kier molecular flexibility index (Phi) is 4.40. The highest BCUT2D eigenvalue weighted by Crippen LogP contribution is 2.29. The van der Waals surface area contributed by atoms with Gasteiger partial charge in [-0.15, -0.1) is 0 Å². The van der Waals surface area contributed by atoms with Gasteiger partial charge in [-0.05, 0) is 38.0 Å². The second-order valence-electron chi connectivity index (χ2n) is 5.15. The van der Waals surface area contributed by atoms with Gasteiger partial charge in [0.1, 0.15) is 11.7 Å². The average Bonchev–Trinajstić information content (AvgIpc) is 2.42. The number of rotatable bonds is 4. The molecular formula is C15H22FN3. The molecule has 0 aromatic heterocycles. The van der Waals surface area contributed by atoms with Crippen LogP contribution in [0.1, 0.15) is 44.6 Å². The van der Waals surface area contributed by atoms with Crippen LogP contribution < -0.4 is 10.6 Å². The second kappa shape index (κ2) is 6.04. The van der Waals surface area contributed by atoms with Gasteiger partial charge in [0, 0.05) is 23.8 Å². The maximum absolute atomic E-state index is 13.3. The number of nitrogens with zero attached hydrogens (tertiary/aromatic N) is 1. The fourth-order valence-corrected chi connectivity index (χ4v) is 2.99. The van der Waals surface area contributed by atoms with Crippen molar-refractivity contribution in [2.24, 2.45) is 5.73 Å². The van der Waals surface area contributed by atoms with E-state index in [0.29, 0.717) is 11.6 Å². The van der Waals surface area contributed by atoms with Gasteiger partial charge < -0.3 is 10.6 Å². The van der Waals surface area contributed by atoms with E-state index in [1.54, 1.807) is 6.07 Å². The summed E-state index contributed by atoms with van der Waals surface area (Å²) in [5, 5.41) is 7.64. The summed E-state index contributed by atoms with van der Waals surface area (Å²) in [5.41, 5.74) is 6.99. The second-order valence-corrected chi connectivity index (χ2v) is 5.15. The molecule has 0 bridgehead atoms. The zero-order valence-electron chi connectivity index (χ0n) is 11.5. The van der Waals surface area contributed by atoms with Gasteiger partial charge >= 0.3 is 0 Å². The van der Waals surface area contributed by atoms with Gasteiger partial charge in [-0.3, -0.25) is 5.41 Å². The van der Waals surface area contributed by atoms with Crippen LogP contribution >= 0.6 is 0 Å². The van der Waals surface area contributed by atoms with Gasteiger partial charge in [0.05, 0.1) is 0 Å². The molecule has 0 saturated heterocycles. The zero-order valence-corrected chi connectivity index (χ0v) is 11.5. The van der Waals surface area contributed by atoms with Gasteiger partial charge in [-0.2, -0.15) is 0 Å². The van der Waals surface area contributed by atoms with Gasteiger partial charge in [0.2, 0.25) is 0 Å². The zero-order chi connectivity index (χ0) is 13.8. The summed E-state index contributed by atoms with van der Waals surface area (Å²) in [5.74, 6) is -0.405. The predicted molar refractivity (Wildman–Crippen MR) is 77.3 cm³/mol. The first-order valence-electron chi connectivity index (χ1n) is 7.04. The van der Waals surface area contributed by atoms with Crippen molar-refractivity contribution in [3.63, 3.8) is 0 Å². The smallest absolute Gasteiger partial charge is 0.125 e. The number of nitrogen functional groups attached to an aromatic ring is 1. The molecule has 3 N–H and O–H groups in total. The van der Waals surface area contributed by atoms with E-state index in [0.717, 1.165) is 12.2 Å². The number of benzene rings is 1. The Morgan fingerprint density at radius 2 is 2.05 bits per heavy atom. The maximum atomic E-state index is 13.3. The largest absolute Gasteiger partial charge is 0.384 e. The highest BCUT2D eigenvalue weighted by atomic mass is 19.1. The standard InChI is InChI=1S/C15H22FN3/c1-2-19(12-6-4-3-5-7-12)14-9-8-11(16)10-13(14)15(17)18/h8-10,12H,2-7H2,1H3,(H3,17,18). The summed E-state index contributed by atoms with van der Waals surface area (Å²) in [6, 6.07) is 5.06. The van der Waals surface area contributed by atoms with E-state index in [-0.39, 0.29) is 11.7 Å². The topological polar surface area (TPSA) is 53.1 Å². The molecule has 0 radical (unpaired) electrons. The Hall–Kier alpha value is -1.58. The Balaban J connectivity index is 2.34. The lowest BCUT2D eigenvalue weighted by Crippen LogP contribution is -2.38. The normalized spacial score (nSPS) is 16.3. The number of halogens is 1. The minimum absolute atomic E-state index is 0.0660. The molecule has 1 aliphatic carbocycles. The number of nitrogens with one attached hydrogen (secondary N) is 1. The summed E-state index contributed by atoms with van der Waals surface area (Å²) < 4.78 is 13.3. The molecule has 1 aromatic carbocycles. The van der Waals surface area contributed by atoms with Crippen LogP contribution in [0.15, 0.2) is 18.2 Å². The molecule has 1 aliphatic rings. The number of hydrogen-bond acceptors (Lipinski definition) is 2. The van der Waals surface area contributed by atoms with Crippen molar-refractivity contribution in [1.82, 2.24) is 0 Å². The highest BCUT2D eigenvalue weighted by molar-refractivity contribution is 6.00. The SMILES string of the molecule is CCN(c1ccc(F)cc1C(=N)N)C1CCCCC1.